The molecule has 1 N–H and O–H groups in total. The van der Waals surface area contributed by atoms with E-state index >= 15 is 0 Å². The molecule has 0 atom stereocenters. The molecule has 1 aromatic heterocycles. The van der Waals surface area contributed by atoms with Gasteiger partial charge in [-0.3, -0.25) is 9.32 Å². The maximum absolute atomic E-state index is 10.8. The van der Waals surface area contributed by atoms with Gasteiger partial charge in [0.05, 0.1) is 5.56 Å². The lowest BCUT2D eigenvalue weighted by molar-refractivity contribution is -0.670. The summed E-state index contributed by atoms with van der Waals surface area (Å²) in [5.74, 6) is 0. The second-order valence-corrected chi connectivity index (χ2v) is 2.69. The summed E-state index contributed by atoms with van der Waals surface area (Å²) in [5, 5.41) is 2.37. The van der Waals surface area contributed by atoms with Crippen molar-refractivity contribution in [3.63, 3.8) is 0 Å². The predicted molar refractivity (Wildman–Crippen MR) is 46.2 cm³/mol. The zero-order valence-electron chi connectivity index (χ0n) is 7.14. The number of hydrogen-bond donors (Lipinski definition) is 1. The molecule has 0 amide bonds. The van der Waals surface area contributed by atoms with Crippen LogP contribution in [0.4, 0.5) is 0 Å². The zero-order valence-corrected chi connectivity index (χ0v) is 7.14. The van der Waals surface area contributed by atoms with Crippen molar-refractivity contribution in [2.24, 2.45) is 0 Å². The van der Waals surface area contributed by atoms with E-state index in [1.165, 1.54) is 10.9 Å². The Kier molecular flexibility index (Phi) is 1.98. The maximum atomic E-state index is 10.8. The molecule has 0 aliphatic heterocycles. The zero-order chi connectivity index (χ0) is 9.97. The van der Waals surface area contributed by atoms with Gasteiger partial charge in [-0.1, -0.05) is 12.1 Å². The van der Waals surface area contributed by atoms with Gasteiger partial charge < -0.3 is 0 Å². The van der Waals surface area contributed by atoms with Crippen LogP contribution < -0.4 is 10.3 Å². The van der Waals surface area contributed by atoms with Crippen LogP contribution in [-0.2, 0) is 0 Å². The molecule has 0 bridgehead atoms. The van der Waals surface area contributed by atoms with Crippen molar-refractivity contribution in [3.8, 4) is 5.69 Å². The molecule has 14 heavy (non-hydrogen) atoms. The van der Waals surface area contributed by atoms with E-state index in [0.717, 1.165) is 0 Å². The Morgan fingerprint density at radius 2 is 2.14 bits per heavy atom. The van der Waals surface area contributed by atoms with Gasteiger partial charge in [0, 0.05) is 6.07 Å². The summed E-state index contributed by atoms with van der Waals surface area (Å²) in [4.78, 5) is 21.4. The molecule has 0 spiro atoms. The summed E-state index contributed by atoms with van der Waals surface area (Å²) in [5.41, 5.74) is 0.564. The van der Waals surface area contributed by atoms with Crippen LogP contribution in [0.1, 0.15) is 10.4 Å². The van der Waals surface area contributed by atoms with Crippen molar-refractivity contribution in [3.05, 3.63) is 46.4 Å². The number of aromatic amines is 1. The molecular formula is C9H7N2O3+. The molecule has 0 unspecified atom stereocenters. The number of carbonyl (C=O) groups excluding carboxylic acids is 1. The van der Waals surface area contributed by atoms with Crippen molar-refractivity contribution < 1.29 is 14.0 Å². The first-order valence-corrected chi connectivity index (χ1v) is 3.96. The fraction of sp³-hybridized carbons (Fsp3) is 0. The van der Waals surface area contributed by atoms with Crippen molar-refractivity contribution in [2.45, 2.75) is 0 Å². The lowest BCUT2D eigenvalue weighted by Gasteiger charge is -1.91. The largest absolute Gasteiger partial charge is 0.427 e. The van der Waals surface area contributed by atoms with E-state index in [1.807, 2.05) is 0 Å². The Bertz CT molecular complexity index is 513. The number of para-hydroxylation sites is 1. The first kappa shape index (κ1) is 8.43. The van der Waals surface area contributed by atoms with Gasteiger partial charge in [0.2, 0.25) is 5.69 Å². The van der Waals surface area contributed by atoms with Crippen LogP contribution in [0.3, 0.4) is 0 Å². The van der Waals surface area contributed by atoms with E-state index in [1.54, 1.807) is 24.3 Å². The molecule has 0 aliphatic carbocycles. The molecular weight excluding hydrogens is 184 g/mol. The van der Waals surface area contributed by atoms with Crippen LogP contribution in [0.15, 0.2) is 39.8 Å². The second kappa shape index (κ2) is 3.29. The Balaban J connectivity index is 2.61. The van der Waals surface area contributed by atoms with E-state index < -0.39 is 5.63 Å². The third-order valence-electron chi connectivity index (χ3n) is 1.80. The first-order valence-electron chi connectivity index (χ1n) is 3.96. The molecule has 0 fully saturated rings. The fourth-order valence-corrected chi connectivity index (χ4v) is 1.18. The molecule has 5 nitrogen and oxygen atoms in total. The minimum Gasteiger partial charge on any atom is -0.298 e. The Labute approximate surface area is 78.5 Å². The van der Waals surface area contributed by atoms with Crippen molar-refractivity contribution in [1.29, 1.82) is 0 Å². The molecule has 2 rings (SSSR count). The van der Waals surface area contributed by atoms with Gasteiger partial charge in [-0.05, 0) is 16.0 Å². The van der Waals surface area contributed by atoms with Crippen LogP contribution in [0.25, 0.3) is 5.69 Å². The maximum Gasteiger partial charge on any atom is 0.427 e. The van der Waals surface area contributed by atoms with Crippen LogP contribution in [0.2, 0.25) is 0 Å². The van der Waals surface area contributed by atoms with Crippen LogP contribution in [0, 0.1) is 0 Å². The predicted octanol–water partition coefficient (Wildman–Crippen LogP) is 0.0571. The normalized spacial score (nSPS) is 10.0. The highest BCUT2D eigenvalue weighted by Gasteiger charge is 2.14. The molecule has 2 aromatic rings. The Morgan fingerprint density at radius 3 is 2.79 bits per heavy atom. The third-order valence-corrected chi connectivity index (χ3v) is 1.80. The highest BCUT2D eigenvalue weighted by molar-refractivity contribution is 5.79. The Hall–Kier alpha value is -2.17. The smallest absolute Gasteiger partial charge is 0.298 e. The summed E-state index contributed by atoms with van der Waals surface area (Å²) in [6, 6.07) is 6.86. The molecule has 5 heteroatoms. The average Bonchev–Trinajstić information content (AvgIpc) is 2.65. The van der Waals surface area contributed by atoms with Crippen molar-refractivity contribution in [2.75, 3.05) is 0 Å². The standard InChI is InChI=1S/C9H6N2O3/c12-6-7-3-1-2-4-8(7)11-5-9(13)14-10-11/h1-6H/p+1. The number of nitrogens with zero attached hydrogens (tertiary/aromatic N) is 1. The topological polar surface area (TPSA) is 66.9 Å². The van der Waals surface area contributed by atoms with E-state index in [4.69, 9.17) is 0 Å². The lowest BCUT2D eigenvalue weighted by atomic mass is 10.2. The number of aldehydes is 1. The van der Waals surface area contributed by atoms with Gasteiger partial charge in [0.1, 0.15) is 0 Å². The number of aromatic nitrogens is 2. The minimum atomic E-state index is -0.495. The highest BCUT2D eigenvalue weighted by atomic mass is 16.5. The quantitative estimate of drug-likeness (QED) is 0.539. The van der Waals surface area contributed by atoms with E-state index in [2.05, 4.69) is 9.79 Å². The average molecular weight is 191 g/mol. The molecule has 1 aromatic carbocycles. The SMILES string of the molecule is O=Cc1ccccc1-[n+]1cc(=O)o[nH]1. The van der Waals surface area contributed by atoms with Gasteiger partial charge >= 0.3 is 5.63 Å². The van der Waals surface area contributed by atoms with E-state index in [-0.39, 0.29) is 0 Å². The number of H-pyrrole nitrogens is 1. The van der Waals surface area contributed by atoms with Crippen molar-refractivity contribution in [1.82, 2.24) is 5.27 Å². The van der Waals surface area contributed by atoms with E-state index in [9.17, 15) is 9.59 Å². The summed E-state index contributed by atoms with van der Waals surface area (Å²) in [6.45, 7) is 0. The van der Waals surface area contributed by atoms with Crippen LogP contribution >= 0.6 is 0 Å². The van der Waals surface area contributed by atoms with Gasteiger partial charge in [-0.15, -0.1) is 0 Å². The van der Waals surface area contributed by atoms with Gasteiger partial charge in [0.15, 0.2) is 6.29 Å². The van der Waals surface area contributed by atoms with Crippen molar-refractivity contribution >= 4 is 6.29 Å². The van der Waals surface area contributed by atoms with Crippen LogP contribution in [-0.4, -0.2) is 11.6 Å². The molecule has 70 valence electrons. The number of benzene rings is 1. The second-order valence-electron chi connectivity index (χ2n) is 2.69. The molecule has 0 aliphatic rings. The first-order chi connectivity index (χ1) is 6.81. The van der Waals surface area contributed by atoms with Gasteiger partial charge in [-0.25, -0.2) is 4.79 Å². The summed E-state index contributed by atoms with van der Waals surface area (Å²) in [6.07, 6.45) is 1.94. The third kappa shape index (κ3) is 1.35. The minimum absolute atomic E-state index is 0.481. The molecule has 0 saturated heterocycles. The lowest BCUT2D eigenvalue weighted by Crippen LogP contribution is -2.33. The summed E-state index contributed by atoms with van der Waals surface area (Å²) < 4.78 is 5.84. The monoisotopic (exact) mass is 191 g/mol. The van der Waals surface area contributed by atoms with Crippen LogP contribution in [0.5, 0.6) is 0 Å². The summed E-state index contributed by atoms with van der Waals surface area (Å²) in [7, 11) is 0. The highest BCUT2D eigenvalue weighted by Crippen LogP contribution is 2.03. The number of carbonyl (C=O) groups is 1. The summed E-state index contributed by atoms with van der Waals surface area (Å²) >= 11 is 0. The molecule has 0 radical (unpaired) electrons. The fourth-order valence-electron chi connectivity index (χ4n) is 1.18. The molecule has 1 heterocycles. The van der Waals surface area contributed by atoms with E-state index in [0.29, 0.717) is 17.5 Å². The number of nitrogens with one attached hydrogen (secondary N) is 1. The number of rotatable bonds is 2. The van der Waals surface area contributed by atoms with Gasteiger partial charge in [-0.2, -0.15) is 0 Å². The Morgan fingerprint density at radius 1 is 1.36 bits per heavy atom. The van der Waals surface area contributed by atoms with Gasteiger partial charge in [0.25, 0.3) is 6.20 Å². The number of hydrogen-bond acceptors (Lipinski definition) is 3. The molecule has 0 saturated carbocycles.